The van der Waals surface area contributed by atoms with Crippen molar-refractivity contribution in [2.45, 2.75) is 6.54 Å². The summed E-state index contributed by atoms with van der Waals surface area (Å²) in [5, 5.41) is 3.48. The molecule has 0 fully saturated rings. The molecule has 0 aliphatic carbocycles. The van der Waals surface area contributed by atoms with Gasteiger partial charge in [-0.15, -0.1) is 0 Å². The number of benzene rings is 1. The fraction of sp³-hybridized carbons (Fsp3) is 0.0667. The van der Waals surface area contributed by atoms with Gasteiger partial charge in [0, 0.05) is 17.8 Å². The fourth-order valence-corrected chi connectivity index (χ4v) is 2.22. The smallest absolute Gasteiger partial charge is 0.272 e. The van der Waals surface area contributed by atoms with Crippen LogP contribution in [0.3, 0.4) is 0 Å². The lowest BCUT2D eigenvalue weighted by molar-refractivity contribution is 0.0948. The lowest BCUT2D eigenvalue weighted by atomic mass is 10.2. The number of carbonyl (C=O) groups is 1. The van der Waals surface area contributed by atoms with Gasteiger partial charge in [0.05, 0.1) is 5.52 Å². The van der Waals surface area contributed by atoms with Crippen molar-refractivity contribution in [2.75, 3.05) is 0 Å². The van der Waals surface area contributed by atoms with Gasteiger partial charge in [0.2, 0.25) is 0 Å². The van der Waals surface area contributed by atoms with Crippen LogP contribution < -0.4 is 5.32 Å². The van der Waals surface area contributed by atoms with E-state index in [1.165, 1.54) is 0 Å². The van der Waals surface area contributed by atoms with Gasteiger partial charge in [-0.05, 0) is 23.8 Å². The van der Waals surface area contributed by atoms with Crippen LogP contribution in [0, 0.1) is 0 Å². The molecule has 5 heteroatoms. The summed E-state index contributed by atoms with van der Waals surface area (Å²) >= 11 is 6.06. The largest absolute Gasteiger partial charge is 0.346 e. The number of amides is 1. The van der Waals surface area contributed by atoms with Gasteiger partial charge in [0.25, 0.3) is 5.91 Å². The number of nitrogens with zero attached hydrogens (tertiary/aromatic N) is 2. The SMILES string of the molecule is O=C(NCc1ccccc1Cl)c1ncn2ccccc12. The van der Waals surface area contributed by atoms with Crippen molar-refractivity contribution in [2.24, 2.45) is 0 Å². The molecule has 0 saturated carbocycles. The van der Waals surface area contributed by atoms with Crippen LogP contribution in [0.25, 0.3) is 5.52 Å². The first-order valence-electron chi connectivity index (χ1n) is 6.19. The van der Waals surface area contributed by atoms with Gasteiger partial charge < -0.3 is 9.72 Å². The Morgan fingerprint density at radius 2 is 2.00 bits per heavy atom. The third kappa shape index (κ3) is 2.38. The van der Waals surface area contributed by atoms with Gasteiger partial charge in [-0.1, -0.05) is 35.9 Å². The molecule has 20 heavy (non-hydrogen) atoms. The summed E-state index contributed by atoms with van der Waals surface area (Å²) in [4.78, 5) is 16.3. The minimum Gasteiger partial charge on any atom is -0.346 e. The zero-order valence-corrected chi connectivity index (χ0v) is 11.3. The average molecular weight is 286 g/mol. The summed E-state index contributed by atoms with van der Waals surface area (Å²) in [6.45, 7) is 0.379. The molecule has 4 nitrogen and oxygen atoms in total. The molecule has 0 atom stereocenters. The fourth-order valence-electron chi connectivity index (χ4n) is 2.02. The number of fused-ring (bicyclic) bond motifs is 1. The van der Waals surface area contributed by atoms with E-state index in [0.29, 0.717) is 17.3 Å². The summed E-state index contributed by atoms with van der Waals surface area (Å²) in [6, 6.07) is 13.1. The van der Waals surface area contributed by atoms with Crippen molar-refractivity contribution < 1.29 is 4.79 Å². The number of aromatic nitrogens is 2. The standard InChI is InChI=1S/C15H12ClN3O/c16-12-6-2-1-5-11(12)9-17-15(20)14-13-7-3-4-8-19(13)10-18-14/h1-8,10H,9H2,(H,17,20). The van der Waals surface area contributed by atoms with Crippen LogP contribution >= 0.6 is 11.6 Å². The van der Waals surface area contributed by atoms with Crippen LogP contribution in [0.15, 0.2) is 55.0 Å². The van der Waals surface area contributed by atoms with Gasteiger partial charge in [0.15, 0.2) is 5.69 Å². The highest BCUT2D eigenvalue weighted by atomic mass is 35.5. The molecule has 0 bridgehead atoms. The molecule has 3 rings (SSSR count). The van der Waals surface area contributed by atoms with Crippen molar-refractivity contribution >= 4 is 23.0 Å². The molecule has 3 aromatic rings. The Balaban J connectivity index is 1.79. The monoisotopic (exact) mass is 285 g/mol. The van der Waals surface area contributed by atoms with Gasteiger partial charge >= 0.3 is 0 Å². The predicted octanol–water partition coefficient (Wildman–Crippen LogP) is 2.92. The summed E-state index contributed by atoms with van der Waals surface area (Å²) in [5.74, 6) is -0.210. The van der Waals surface area contributed by atoms with Crippen LogP contribution in [0.4, 0.5) is 0 Å². The van der Waals surface area contributed by atoms with Crippen LogP contribution in [0.1, 0.15) is 16.1 Å². The minimum atomic E-state index is -0.210. The number of carbonyl (C=O) groups excluding carboxylic acids is 1. The zero-order chi connectivity index (χ0) is 13.9. The van der Waals surface area contributed by atoms with Crippen LogP contribution in [0.5, 0.6) is 0 Å². The molecule has 1 aromatic carbocycles. The lowest BCUT2D eigenvalue weighted by Crippen LogP contribution is -2.23. The molecule has 1 N–H and O–H groups in total. The van der Waals surface area contributed by atoms with Crippen LogP contribution in [0.2, 0.25) is 5.02 Å². The van der Waals surface area contributed by atoms with Crippen molar-refractivity contribution in [1.29, 1.82) is 0 Å². The number of halogens is 1. The second-order valence-corrected chi connectivity index (χ2v) is 4.77. The number of imidazole rings is 1. The zero-order valence-electron chi connectivity index (χ0n) is 10.6. The van der Waals surface area contributed by atoms with Crippen molar-refractivity contribution in [3.05, 3.63) is 71.3 Å². The number of hydrogen-bond donors (Lipinski definition) is 1. The quantitative estimate of drug-likeness (QED) is 0.804. The van der Waals surface area contributed by atoms with Crippen molar-refractivity contribution in [3.63, 3.8) is 0 Å². The molecule has 0 aliphatic heterocycles. The molecule has 0 radical (unpaired) electrons. The molecule has 0 unspecified atom stereocenters. The van der Waals surface area contributed by atoms with Gasteiger partial charge in [-0.25, -0.2) is 4.98 Å². The topological polar surface area (TPSA) is 46.4 Å². The molecule has 100 valence electrons. The Hall–Kier alpha value is -2.33. The second-order valence-electron chi connectivity index (χ2n) is 4.36. The maximum Gasteiger partial charge on any atom is 0.272 e. The van der Waals surface area contributed by atoms with E-state index in [-0.39, 0.29) is 5.91 Å². The Labute approximate surface area is 121 Å². The van der Waals surface area contributed by atoms with Gasteiger partial charge in [-0.3, -0.25) is 4.79 Å². The molecule has 1 amide bonds. The van der Waals surface area contributed by atoms with E-state index in [4.69, 9.17) is 11.6 Å². The van der Waals surface area contributed by atoms with Gasteiger partial charge in [0.1, 0.15) is 6.33 Å². The maximum atomic E-state index is 12.2. The third-order valence-electron chi connectivity index (χ3n) is 3.06. The highest BCUT2D eigenvalue weighted by Gasteiger charge is 2.12. The maximum absolute atomic E-state index is 12.2. The number of nitrogens with one attached hydrogen (secondary N) is 1. The molecule has 0 aliphatic rings. The predicted molar refractivity (Wildman–Crippen MR) is 77.8 cm³/mol. The minimum absolute atomic E-state index is 0.210. The normalized spacial score (nSPS) is 10.7. The highest BCUT2D eigenvalue weighted by Crippen LogP contribution is 2.15. The van der Waals surface area contributed by atoms with Crippen LogP contribution in [-0.4, -0.2) is 15.3 Å². The van der Waals surface area contributed by atoms with E-state index in [1.54, 1.807) is 12.4 Å². The first kappa shape index (κ1) is 12.7. The highest BCUT2D eigenvalue weighted by molar-refractivity contribution is 6.31. The average Bonchev–Trinajstić information content (AvgIpc) is 2.90. The summed E-state index contributed by atoms with van der Waals surface area (Å²) in [6.07, 6.45) is 3.48. The summed E-state index contributed by atoms with van der Waals surface area (Å²) < 4.78 is 1.81. The Morgan fingerprint density at radius 3 is 2.85 bits per heavy atom. The first-order valence-corrected chi connectivity index (χ1v) is 6.57. The Morgan fingerprint density at radius 1 is 1.20 bits per heavy atom. The number of hydrogen-bond acceptors (Lipinski definition) is 2. The molecule has 2 heterocycles. The molecule has 0 spiro atoms. The van der Waals surface area contributed by atoms with Crippen LogP contribution in [-0.2, 0) is 6.54 Å². The Bertz CT molecular complexity index is 766. The summed E-state index contributed by atoms with van der Waals surface area (Å²) in [5.41, 5.74) is 2.08. The third-order valence-corrected chi connectivity index (χ3v) is 3.42. The second kappa shape index (κ2) is 5.35. The molecular formula is C15H12ClN3O. The van der Waals surface area contributed by atoms with E-state index < -0.39 is 0 Å². The first-order chi connectivity index (χ1) is 9.75. The lowest BCUT2D eigenvalue weighted by Gasteiger charge is -2.05. The van der Waals surface area contributed by atoms with E-state index >= 15 is 0 Å². The van der Waals surface area contributed by atoms with E-state index in [2.05, 4.69) is 10.3 Å². The number of rotatable bonds is 3. The number of pyridine rings is 1. The van der Waals surface area contributed by atoms with Crippen molar-refractivity contribution in [1.82, 2.24) is 14.7 Å². The Kier molecular flexibility index (Phi) is 3.39. The van der Waals surface area contributed by atoms with Gasteiger partial charge in [-0.2, -0.15) is 0 Å². The van der Waals surface area contributed by atoms with E-state index in [1.807, 2.05) is 47.0 Å². The van der Waals surface area contributed by atoms with E-state index in [9.17, 15) is 4.79 Å². The molecule has 0 saturated heterocycles. The molecule has 2 aromatic heterocycles. The molecular weight excluding hydrogens is 274 g/mol. The van der Waals surface area contributed by atoms with E-state index in [0.717, 1.165) is 11.1 Å². The van der Waals surface area contributed by atoms with Crippen molar-refractivity contribution in [3.8, 4) is 0 Å². The summed E-state index contributed by atoms with van der Waals surface area (Å²) in [7, 11) is 0.